The smallest absolute Gasteiger partial charge is 0.337 e. The summed E-state index contributed by atoms with van der Waals surface area (Å²) in [4.78, 5) is 39.8. The summed E-state index contributed by atoms with van der Waals surface area (Å²) in [5.74, 6) is 7.17. The zero-order valence-corrected chi connectivity index (χ0v) is 21.8. The number of aliphatic imine (C=N–C) groups is 1. The molecule has 1 saturated heterocycles. The number of amidine groups is 1. The number of imidazole rings is 1. The van der Waals surface area contributed by atoms with Crippen LogP contribution in [0.2, 0.25) is 0 Å². The number of hydrogen-bond acceptors (Lipinski definition) is 7. The number of nitrogens with two attached hydrogens (primary N) is 1. The molecule has 0 saturated carbocycles. The summed E-state index contributed by atoms with van der Waals surface area (Å²) < 4.78 is 4.57. The second-order valence-corrected chi connectivity index (χ2v) is 9.84. The lowest BCUT2D eigenvalue weighted by molar-refractivity contribution is 0.496. The largest absolute Gasteiger partial charge is 0.342 e. The molecule has 1 unspecified atom stereocenters. The fourth-order valence-corrected chi connectivity index (χ4v) is 5.31. The van der Waals surface area contributed by atoms with E-state index in [1.807, 2.05) is 59.2 Å². The van der Waals surface area contributed by atoms with E-state index >= 15 is 0 Å². The second kappa shape index (κ2) is 10.3. The van der Waals surface area contributed by atoms with E-state index in [0.29, 0.717) is 41.7 Å². The Kier molecular flexibility index (Phi) is 6.50. The summed E-state index contributed by atoms with van der Waals surface area (Å²) >= 11 is 0. The van der Waals surface area contributed by atoms with Crippen molar-refractivity contribution < 1.29 is 0 Å². The van der Waals surface area contributed by atoms with Gasteiger partial charge in [-0.1, -0.05) is 42.3 Å². The molecule has 10 heteroatoms. The molecule has 4 aromatic rings. The Morgan fingerprint density at radius 1 is 1.08 bits per heavy atom. The van der Waals surface area contributed by atoms with Crippen LogP contribution in [0.15, 0.2) is 69.2 Å². The SMILES string of the molecule is CC#CCn1c(N2CCCC(N)C2)nc2c1c(=O)n(CC1=NCc3ccccc3N1)c(=O)n2-c1ccccc1. The van der Waals surface area contributed by atoms with E-state index in [1.54, 1.807) is 6.92 Å². The minimum absolute atomic E-state index is 0.00331. The third kappa shape index (κ3) is 4.51. The summed E-state index contributed by atoms with van der Waals surface area (Å²) in [5.41, 5.74) is 8.63. The number of hydrogen-bond donors (Lipinski definition) is 2. The van der Waals surface area contributed by atoms with Crippen molar-refractivity contribution in [2.24, 2.45) is 10.7 Å². The number of para-hydroxylation sites is 2. The van der Waals surface area contributed by atoms with Gasteiger partial charge in [-0.25, -0.2) is 9.36 Å². The van der Waals surface area contributed by atoms with Crippen LogP contribution >= 0.6 is 0 Å². The highest BCUT2D eigenvalue weighted by molar-refractivity contribution is 5.97. The number of nitrogens with one attached hydrogen (secondary N) is 1. The van der Waals surface area contributed by atoms with E-state index in [0.717, 1.165) is 30.6 Å². The highest BCUT2D eigenvalue weighted by Gasteiger charge is 2.27. The van der Waals surface area contributed by atoms with Gasteiger partial charge < -0.3 is 16.0 Å². The molecule has 0 aliphatic carbocycles. The molecule has 2 aliphatic heterocycles. The summed E-state index contributed by atoms with van der Waals surface area (Å²) in [6.07, 6.45) is 1.86. The van der Waals surface area contributed by atoms with Crippen molar-refractivity contribution in [3.63, 3.8) is 0 Å². The first-order valence-electron chi connectivity index (χ1n) is 13.1. The highest BCUT2D eigenvalue weighted by Crippen LogP contribution is 2.25. The van der Waals surface area contributed by atoms with Crippen molar-refractivity contribution >= 4 is 28.6 Å². The molecule has 2 aromatic carbocycles. The predicted octanol–water partition coefficient (Wildman–Crippen LogP) is 2.32. The maximum absolute atomic E-state index is 14.1. The Morgan fingerprint density at radius 3 is 2.67 bits per heavy atom. The topological polar surface area (TPSA) is 115 Å². The van der Waals surface area contributed by atoms with Crippen molar-refractivity contribution in [3.8, 4) is 17.5 Å². The number of fused-ring (bicyclic) bond motifs is 2. The Bertz CT molecular complexity index is 1750. The molecule has 3 N–H and O–H groups in total. The average Bonchev–Trinajstić information content (AvgIpc) is 3.34. The lowest BCUT2D eigenvalue weighted by atomic mass is 10.1. The Morgan fingerprint density at radius 2 is 1.87 bits per heavy atom. The number of benzene rings is 2. The molecule has 0 radical (unpaired) electrons. The van der Waals surface area contributed by atoms with Crippen LogP contribution in [0.1, 0.15) is 25.3 Å². The molecule has 6 rings (SSSR count). The van der Waals surface area contributed by atoms with Gasteiger partial charge in [-0.3, -0.25) is 18.9 Å². The lowest BCUT2D eigenvalue weighted by Gasteiger charge is -2.31. The monoisotopic (exact) mass is 522 g/mol. The number of piperidine rings is 1. The predicted molar refractivity (Wildman–Crippen MR) is 154 cm³/mol. The maximum atomic E-state index is 14.1. The van der Waals surface area contributed by atoms with E-state index in [-0.39, 0.29) is 19.1 Å². The van der Waals surface area contributed by atoms with Crippen LogP contribution in [0.5, 0.6) is 0 Å². The van der Waals surface area contributed by atoms with Gasteiger partial charge in [0.1, 0.15) is 5.84 Å². The van der Waals surface area contributed by atoms with E-state index in [4.69, 9.17) is 10.7 Å². The molecule has 0 bridgehead atoms. The van der Waals surface area contributed by atoms with Crippen LogP contribution in [0.3, 0.4) is 0 Å². The zero-order chi connectivity index (χ0) is 26.9. The van der Waals surface area contributed by atoms with Crippen LogP contribution in [0.25, 0.3) is 16.9 Å². The molecular weight excluding hydrogens is 492 g/mol. The van der Waals surface area contributed by atoms with E-state index < -0.39 is 11.2 Å². The third-order valence-electron chi connectivity index (χ3n) is 7.22. The number of nitrogens with zero attached hydrogens (tertiary/aromatic N) is 6. The molecule has 198 valence electrons. The number of anilines is 2. The molecule has 4 heterocycles. The molecule has 2 aromatic heterocycles. The highest BCUT2D eigenvalue weighted by atomic mass is 16.2. The van der Waals surface area contributed by atoms with Crippen molar-refractivity contribution in [3.05, 3.63) is 81.0 Å². The van der Waals surface area contributed by atoms with E-state index in [1.165, 1.54) is 9.13 Å². The maximum Gasteiger partial charge on any atom is 0.337 e. The first-order valence-corrected chi connectivity index (χ1v) is 13.1. The van der Waals surface area contributed by atoms with Crippen LogP contribution in [0, 0.1) is 11.8 Å². The van der Waals surface area contributed by atoms with Crippen LogP contribution < -0.4 is 27.2 Å². The van der Waals surface area contributed by atoms with Crippen LogP contribution in [-0.2, 0) is 19.6 Å². The fourth-order valence-electron chi connectivity index (χ4n) is 5.31. The summed E-state index contributed by atoms with van der Waals surface area (Å²) in [5, 5.41) is 3.29. The number of rotatable bonds is 5. The van der Waals surface area contributed by atoms with E-state index in [2.05, 4.69) is 27.0 Å². The molecule has 0 spiro atoms. The van der Waals surface area contributed by atoms with Crippen LogP contribution in [-0.4, -0.2) is 43.7 Å². The van der Waals surface area contributed by atoms with Crippen molar-refractivity contribution in [2.75, 3.05) is 23.3 Å². The third-order valence-corrected chi connectivity index (χ3v) is 7.22. The van der Waals surface area contributed by atoms with Gasteiger partial charge in [0, 0.05) is 24.8 Å². The van der Waals surface area contributed by atoms with Crippen molar-refractivity contribution in [2.45, 2.75) is 45.4 Å². The van der Waals surface area contributed by atoms with Gasteiger partial charge in [0.2, 0.25) is 5.95 Å². The second-order valence-electron chi connectivity index (χ2n) is 9.84. The molecule has 1 atom stereocenters. The number of aromatic nitrogens is 4. The minimum Gasteiger partial charge on any atom is -0.342 e. The molecule has 10 nitrogen and oxygen atoms in total. The summed E-state index contributed by atoms with van der Waals surface area (Å²) in [7, 11) is 0. The fraction of sp³-hybridized carbons (Fsp3) is 0.310. The Balaban J connectivity index is 1.57. The molecule has 0 amide bonds. The van der Waals surface area contributed by atoms with Gasteiger partial charge in [0.25, 0.3) is 5.56 Å². The molecule has 1 fully saturated rings. The average molecular weight is 523 g/mol. The zero-order valence-electron chi connectivity index (χ0n) is 21.8. The van der Waals surface area contributed by atoms with Crippen LogP contribution in [0.4, 0.5) is 11.6 Å². The quantitative estimate of drug-likeness (QED) is 0.389. The van der Waals surface area contributed by atoms with E-state index in [9.17, 15) is 9.59 Å². The Labute approximate surface area is 225 Å². The minimum atomic E-state index is -0.477. The van der Waals surface area contributed by atoms with Gasteiger partial charge in [-0.2, -0.15) is 4.98 Å². The molecule has 2 aliphatic rings. The summed E-state index contributed by atoms with van der Waals surface area (Å²) in [6, 6.07) is 17.2. The first kappa shape index (κ1) is 24.7. The lowest BCUT2D eigenvalue weighted by Crippen LogP contribution is -2.44. The summed E-state index contributed by atoms with van der Waals surface area (Å²) in [6.45, 7) is 3.89. The first-order chi connectivity index (χ1) is 19.0. The van der Waals surface area contributed by atoms with Gasteiger partial charge >= 0.3 is 5.69 Å². The molecule has 39 heavy (non-hydrogen) atoms. The standard InChI is InChI=1S/C29H30N8O2/c1-2-3-16-35-25-26(33-28(35)34-15-9-11-21(30)18-34)37(22-12-5-4-6-13-22)29(39)36(27(25)38)19-24-31-17-20-10-7-8-14-23(20)32-24/h4-8,10,12-14,21H,9,11,15-19,30H2,1H3,(H,31,32). The van der Waals surface area contributed by atoms with Gasteiger partial charge in [-0.15, -0.1) is 5.92 Å². The molecular formula is C29H30N8O2. The Hall–Kier alpha value is -4.62. The van der Waals surface area contributed by atoms with Gasteiger partial charge in [-0.05, 0) is 43.5 Å². The van der Waals surface area contributed by atoms with Gasteiger partial charge in [0.15, 0.2) is 11.2 Å². The van der Waals surface area contributed by atoms with Gasteiger partial charge in [0.05, 0.1) is 25.3 Å². The van der Waals surface area contributed by atoms with Crippen molar-refractivity contribution in [1.29, 1.82) is 0 Å². The van der Waals surface area contributed by atoms with Crippen molar-refractivity contribution in [1.82, 2.24) is 18.7 Å². The normalized spacial score (nSPS) is 16.7.